The van der Waals surface area contributed by atoms with Crippen molar-refractivity contribution >= 4 is 29.6 Å². The lowest BCUT2D eigenvalue weighted by molar-refractivity contribution is -0.143. The van der Waals surface area contributed by atoms with E-state index in [2.05, 4.69) is 21.3 Å². The van der Waals surface area contributed by atoms with Crippen molar-refractivity contribution in [1.29, 1.82) is 0 Å². The Labute approximate surface area is 242 Å². The number of phenolic OH excluding ortho intramolecular Hbond substituents is 1. The zero-order chi connectivity index (χ0) is 31.6. The normalized spacial score (nSPS) is 15.1. The van der Waals surface area contributed by atoms with E-state index in [0.717, 1.165) is 0 Å². The molecule has 0 aliphatic rings. The first-order valence-corrected chi connectivity index (χ1v) is 13.9. The predicted octanol–water partition coefficient (Wildman–Crippen LogP) is 0.910. The summed E-state index contributed by atoms with van der Waals surface area (Å²) in [5.41, 5.74) is 6.57. The maximum atomic E-state index is 13.6. The topological polar surface area (TPSA) is 200 Å². The van der Waals surface area contributed by atoms with Crippen LogP contribution in [0.2, 0.25) is 0 Å². The van der Waals surface area contributed by atoms with Gasteiger partial charge >= 0.3 is 5.97 Å². The van der Waals surface area contributed by atoms with Gasteiger partial charge in [0, 0.05) is 6.42 Å². The Morgan fingerprint density at radius 1 is 0.634 bits per heavy atom. The van der Waals surface area contributed by atoms with Gasteiger partial charge < -0.3 is 37.2 Å². The zero-order valence-corrected chi connectivity index (χ0v) is 25.2. The van der Waals surface area contributed by atoms with Crippen LogP contribution in [0.5, 0.6) is 5.75 Å². The Balaban J connectivity index is 3.27. The Hall–Kier alpha value is -3.67. The third-order valence-electron chi connectivity index (χ3n) is 6.75. The van der Waals surface area contributed by atoms with Crippen LogP contribution in [0.15, 0.2) is 24.3 Å². The number of aromatic hydroxyl groups is 1. The van der Waals surface area contributed by atoms with Gasteiger partial charge in [-0.2, -0.15) is 0 Å². The Kier molecular flexibility index (Phi) is 13.7. The molecular weight excluding hydrogens is 530 g/mol. The molecule has 0 bridgehead atoms. The quantitative estimate of drug-likeness (QED) is 0.159. The minimum Gasteiger partial charge on any atom is -0.508 e. The van der Waals surface area contributed by atoms with Crippen molar-refractivity contribution in [3.63, 3.8) is 0 Å². The molecule has 0 spiro atoms. The molecule has 1 rings (SSSR count). The van der Waals surface area contributed by atoms with Crippen LogP contribution in [0, 0.1) is 23.7 Å². The van der Waals surface area contributed by atoms with Gasteiger partial charge in [-0.1, -0.05) is 67.5 Å². The summed E-state index contributed by atoms with van der Waals surface area (Å²) in [6.45, 7) is 13.8. The molecule has 4 amide bonds. The van der Waals surface area contributed by atoms with Gasteiger partial charge in [0.25, 0.3) is 0 Å². The first-order valence-electron chi connectivity index (χ1n) is 13.9. The largest absolute Gasteiger partial charge is 0.508 e. The molecular formula is C29H47N5O7. The molecule has 1 aromatic rings. The first-order chi connectivity index (χ1) is 19.0. The number of aliphatic carboxylic acids is 1. The maximum Gasteiger partial charge on any atom is 0.326 e. The van der Waals surface area contributed by atoms with E-state index in [9.17, 15) is 34.2 Å². The lowest BCUT2D eigenvalue weighted by Gasteiger charge is -2.29. The minimum absolute atomic E-state index is 0.0122. The fraction of sp³-hybridized carbons (Fsp3) is 0.621. The van der Waals surface area contributed by atoms with E-state index in [1.54, 1.807) is 67.5 Å². The minimum atomic E-state index is -1.20. The number of carbonyl (C=O) groups excluding carboxylic acids is 4. The molecule has 0 heterocycles. The lowest BCUT2D eigenvalue weighted by Crippen LogP contribution is -2.61. The number of hydrogen-bond acceptors (Lipinski definition) is 7. The van der Waals surface area contributed by atoms with Crippen molar-refractivity contribution in [2.75, 3.05) is 0 Å². The van der Waals surface area contributed by atoms with Gasteiger partial charge in [0.05, 0.1) is 6.04 Å². The summed E-state index contributed by atoms with van der Waals surface area (Å²) in [6, 6.07) is 0.846. The molecule has 0 radical (unpaired) electrons. The van der Waals surface area contributed by atoms with Crippen LogP contribution in [0.4, 0.5) is 0 Å². The van der Waals surface area contributed by atoms with E-state index >= 15 is 0 Å². The van der Waals surface area contributed by atoms with Crippen molar-refractivity contribution in [3.05, 3.63) is 29.8 Å². The van der Waals surface area contributed by atoms with Crippen LogP contribution in [0.1, 0.15) is 61.0 Å². The number of phenols is 1. The number of hydrogen-bond donors (Lipinski definition) is 7. The van der Waals surface area contributed by atoms with Crippen molar-refractivity contribution in [1.82, 2.24) is 21.3 Å². The number of benzene rings is 1. The van der Waals surface area contributed by atoms with Crippen LogP contribution in [-0.2, 0) is 30.4 Å². The molecule has 0 fully saturated rings. The molecule has 0 aliphatic carbocycles. The van der Waals surface area contributed by atoms with E-state index in [4.69, 9.17) is 5.73 Å². The van der Waals surface area contributed by atoms with E-state index in [1.807, 2.05) is 0 Å². The fourth-order valence-electron chi connectivity index (χ4n) is 3.97. The first kappa shape index (κ1) is 35.4. The molecule has 12 nitrogen and oxygen atoms in total. The van der Waals surface area contributed by atoms with Crippen molar-refractivity contribution in [2.45, 2.75) is 92.0 Å². The second-order valence-electron chi connectivity index (χ2n) is 11.7. The average molecular weight is 578 g/mol. The number of amides is 4. The number of nitrogens with one attached hydrogen (secondary N) is 4. The third kappa shape index (κ3) is 11.0. The highest BCUT2D eigenvalue weighted by atomic mass is 16.4. The smallest absolute Gasteiger partial charge is 0.326 e. The number of carboxylic acids is 1. The monoisotopic (exact) mass is 577 g/mol. The number of nitrogens with two attached hydrogens (primary N) is 1. The summed E-state index contributed by atoms with van der Waals surface area (Å²) in [6.07, 6.45) is 0.0122. The molecule has 0 aromatic heterocycles. The summed E-state index contributed by atoms with van der Waals surface area (Å²) in [5, 5.41) is 29.7. The zero-order valence-electron chi connectivity index (χ0n) is 25.2. The van der Waals surface area contributed by atoms with Gasteiger partial charge in [0.15, 0.2) is 0 Å². The summed E-state index contributed by atoms with van der Waals surface area (Å²) in [4.78, 5) is 64.2. The molecule has 0 aliphatic heterocycles. The highest BCUT2D eigenvalue weighted by Crippen LogP contribution is 2.14. The van der Waals surface area contributed by atoms with E-state index in [-0.39, 0.29) is 24.0 Å². The van der Waals surface area contributed by atoms with Crippen molar-refractivity contribution in [2.24, 2.45) is 29.4 Å². The second kappa shape index (κ2) is 15.9. The van der Waals surface area contributed by atoms with Crippen LogP contribution >= 0.6 is 0 Å². The molecule has 1 aromatic carbocycles. The standard InChI is InChI=1S/C29H47N5O7/c1-14(2)21(30)26(37)33-22(15(3)4)27(38)31-20(13-18-9-11-19(35)12-10-18)25(36)32-23(16(5)6)28(39)34-24(17(7)8)29(40)41/h9-12,14-17,20-24,35H,13,30H2,1-8H3,(H,31,38)(H,32,36)(H,33,37)(H,34,39)(H,40,41)/t20-,21-,22-,23-,24-/m0/s1. The number of carbonyl (C=O) groups is 5. The van der Waals surface area contributed by atoms with Crippen LogP contribution in [0.3, 0.4) is 0 Å². The summed E-state index contributed by atoms with van der Waals surface area (Å²) in [5.74, 6) is -4.93. The summed E-state index contributed by atoms with van der Waals surface area (Å²) >= 11 is 0. The highest BCUT2D eigenvalue weighted by Gasteiger charge is 2.34. The molecule has 8 N–H and O–H groups in total. The van der Waals surface area contributed by atoms with Crippen LogP contribution in [0.25, 0.3) is 0 Å². The van der Waals surface area contributed by atoms with E-state index in [0.29, 0.717) is 5.56 Å². The molecule has 0 saturated heterocycles. The van der Waals surface area contributed by atoms with Gasteiger partial charge in [-0.15, -0.1) is 0 Å². The van der Waals surface area contributed by atoms with E-state index in [1.165, 1.54) is 12.1 Å². The van der Waals surface area contributed by atoms with Crippen LogP contribution < -0.4 is 27.0 Å². The molecule has 0 saturated carbocycles. The Morgan fingerprint density at radius 3 is 1.46 bits per heavy atom. The predicted molar refractivity (Wildman–Crippen MR) is 154 cm³/mol. The molecule has 41 heavy (non-hydrogen) atoms. The van der Waals surface area contributed by atoms with E-state index < -0.39 is 71.6 Å². The summed E-state index contributed by atoms with van der Waals surface area (Å²) < 4.78 is 0. The molecule has 0 unspecified atom stereocenters. The van der Waals surface area contributed by atoms with Gasteiger partial charge in [-0.25, -0.2) is 4.79 Å². The van der Waals surface area contributed by atoms with Gasteiger partial charge in [0.1, 0.15) is 29.9 Å². The third-order valence-corrected chi connectivity index (χ3v) is 6.75. The summed E-state index contributed by atoms with van der Waals surface area (Å²) in [7, 11) is 0. The van der Waals surface area contributed by atoms with Crippen molar-refractivity contribution in [3.8, 4) is 5.75 Å². The molecule has 5 atom stereocenters. The SMILES string of the molecule is CC(C)[C@H](N)C(=O)N[C@H](C(=O)N[C@@H](Cc1ccc(O)cc1)C(=O)N[C@H](C(=O)N[C@H](C(=O)O)C(C)C)C(C)C)C(C)C. The second-order valence-corrected chi connectivity index (χ2v) is 11.7. The van der Waals surface area contributed by atoms with Crippen molar-refractivity contribution < 1.29 is 34.2 Å². The molecule has 12 heteroatoms. The Morgan fingerprint density at radius 2 is 1.05 bits per heavy atom. The lowest BCUT2D eigenvalue weighted by atomic mass is 9.98. The highest BCUT2D eigenvalue weighted by molar-refractivity contribution is 5.95. The van der Waals surface area contributed by atoms with Gasteiger partial charge in [0.2, 0.25) is 23.6 Å². The number of carboxylic acid groups (broad SMARTS) is 1. The maximum absolute atomic E-state index is 13.6. The molecule has 230 valence electrons. The fourth-order valence-corrected chi connectivity index (χ4v) is 3.97. The van der Waals surface area contributed by atoms with Gasteiger partial charge in [-0.3, -0.25) is 19.2 Å². The Bertz CT molecular complexity index is 1060. The van der Waals surface area contributed by atoms with Gasteiger partial charge in [-0.05, 0) is 41.4 Å². The average Bonchev–Trinajstić information content (AvgIpc) is 2.87. The van der Waals surface area contributed by atoms with Crippen LogP contribution in [-0.4, -0.2) is 70.0 Å². The number of rotatable bonds is 15.